The van der Waals surface area contributed by atoms with E-state index in [1.54, 1.807) is 0 Å². The van der Waals surface area contributed by atoms with E-state index in [0.717, 1.165) is 17.0 Å². The van der Waals surface area contributed by atoms with Crippen LogP contribution in [0.1, 0.15) is 50.1 Å². The first kappa shape index (κ1) is 13.4. The van der Waals surface area contributed by atoms with Crippen molar-refractivity contribution in [2.45, 2.75) is 44.6 Å². The monoisotopic (exact) mass is 273 g/mol. The molecule has 1 saturated carbocycles. The number of benzene rings is 1. The van der Waals surface area contributed by atoms with Crippen molar-refractivity contribution in [1.29, 1.82) is 0 Å². The van der Waals surface area contributed by atoms with Gasteiger partial charge in [-0.25, -0.2) is 4.79 Å². The fourth-order valence-electron chi connectivity index (χ4n) is 3.44. The molecular weight excluding hydrogens is 250 g/mol. The van der Waals surface area contributed by atoms with Crippen LogP contribution in [0.4, 0.5) is 0 Å². The minimum atomic E-state index is -0.134. The zero-order chi connectivity index (χ0) is 13.9. The van der Waals surface area contributed by atoms with Gasteiger partial charge in [-0.15, -0.1) is 0 Å². The molecule has 1 aromatic carbocycles. The van der Waals surface area contributed by atoms with E-state index in [1.807, 2.05) is 13.1 Å². The van der Waals surface area contributed by atoms with E-state index in [2.05, 4.69) is 27.4 Å². The van der Waals surface area contributed by atoms with Crippen molar-refractivity contribution in [3.8, 4) is 0 Å². The van der Waals surface area contributed by atoms with Crippen LogP contribution in [-0.4, -0.2) is 17.0 Å². The van der Waals surface area contributed by atoms with Crippen LogP contribution in [-0.2, 0) is 0 Å². The molecule has 1 atom stereocenters. The Bertz CT molecular complexity index is 622. The maximum atomic E-state index is 11.3. The van der Waals surface area contributed by atoms with Crippen molar-refractivity contribution in [1.82, 2.24) is 15.3 Å². The standard InChI is InChI=1S/C16H23N3O/c1-17-14(9-11-5-3-2-4-6-11)12-7-8-13-15(10-12)19-16(20)18-13/h7-8,10-11,14,17H,2-6,9H2,1H3,(H2,18,19,20). The van der Waals surface area contributed by atoms with Crippen LogP contribution in [0.15, 0.2) is 23.0 Å². The molecule has 108 valence electrons. The van der Waals surface area contributed by atoms with Crippen molar-refractivity contribution in [3.05, 3.63) is 34.2 Å². The minimum absolute atomic E-state index is 0.134. The third kappa shape index (κ3) is 2.80. The Labute approximate surface area is 119 Å². The Balaban J connectivity index is 1.80. The molecular formula is C16H23N3O. The van der Waals surface area contributed by atoms with E-state index in [4.69, 9.17) is 0 Å². The number of nitrogens with one attached hydrogen (secondary N) is 3. The molecule has 1 unspecified atom stereocenters. The van der Waals surface area contributed by atoms with E-state index in [-0.39, 0.29) is 5.69 Å². The van der Waals surface area contributed by atoms with Crippen LogP contribution in [0, 0.1) is 5.92 Å². The second-order valence-corrected chi connectivity index (χ2v) is 5.97. The van der Waals surface area contributed by atoms with E-state index in [1.165, 1.54) is 44.1 Å². The van der Waals surface area contributed by atoms with E-state index >= 15 is 0 Å². The maximum Gasteiger partial charge on any atom is 0.323 e. The molecule has 0 amide bonds. The molecule has 1 heterocycles. The molecule has 2 aromatic rings. The fourth-order valence-corrected chi connectivity index (χ4v) is 3.44. The van der Waals surface area contributed by atoms with Gasteiger partial charge in [-0.1, -0.05) is 38.2 Å². The minimum Gasteiger partial charge on any atom is -0.313 e. The number of fused-ring (bicyclic) bond motifs is 1. The van der Waals surface area contributed by atoms with E-state index < -0.39 is 0 Å². The molecule has 1 aromatic heterocycles. The molecule has 3 rings (SSSR count). The molecule has 20 heavy (non-hydrogen) atoms. The van der Waals surface area contributed by atoms with Gasteiger partial charge in [0.25, 0.3) is 0 Å². The van der Waals surface area contributed by atoms with Crippen LogP contribution in [0.25, 0.3) is 11.0 Å². The largest absolute Gasteiger partial charge is 0.323 e. The molecule has 0 aliphatic heterocycles. The molecule has 0 radical (unpaired) electrons. The van der Waals surface area contributed by atoms with Crippen LogP contribution in [0.5, 0.6) is 0 Å². The highest BCUT2D eigenvalue weighted by Gasteiger charge is 2.19. The maximum absolute atomic E-state index is 11.3. The highest BCUT2D eigenvalue weighted by Crippen LogP contribution is 2.32. The predicted octanol–water partition coefficient (Wildman–Crippen LogP) is 3.09. The molecule has 1 aliphatic rings. The Morgan fingerprint density at radius 1 is 1.20 bits per heavy atom. The lowest BCUT2D eigenvalue weighted by molar-refractivity contribution is 0.306. The third-order valence-electron chi connectivity index (χ3n) is 4.58. The summed E-state index contributed by atoms with van der Waals surface area (Å²) in [6.45, 7) is 0. The number of hydrogen-bond acceptors (Lipinski definition) is 2. The summed E-state index contributed by atoms with van der Waals surface area (Å²) >= 11 is 0. The molecule has 4 nitrogen and oxygen atoms in total. The first-order valence-electron chi connectivity index (χ1n) is 7.65. The van der Waals surface area contributed by atoms with Gasteiger partial charge in [0.1, 0.15) is 0 Å². The van der Waals surface area contributed by atoms with Gasteiger partial charge >= 0.3 is 5.69 Å². The Kier molecular flexibility index (Phi) is 3.92. The summed E-state index contributed by atoms with van der Waals surface area (Å²) in [5, 5.41) is 3.43. The Hall–Kier alpha value is -1.55. The molecule has 0 spiro atoms. The van der Waals surface area contributed by atoms with Gasteiger partial charge in [0.05, 0.1) is 11.0 Å². The predicted molar refractivity (Wildman–Crippen MR) is 81.9 cm³/mol. The summed E-state index contributed by atoms with van der Waals surface area (Å²) in [6.07, 6.45) is 8.08. The van der Waals surface area contributed by atoms with E-state index in [9.17, 15) is 4.79 Å². The first-order chi connectivity index (χ1) is 9.76. The fraction of sp³-hybridized carbons (Fsp3) is 0.562. The van der Waals surface area contributed by atoms with E-state index in [0.29, 0.717) is 6.04 Å². The number of aromatic nitrogens is 2. The van der Waals surface area contributed by atoms with Gasteiger partial charge in [0.2, 0.25) is 0 Å². The molecule has 0 saturated heterocycles. The highest BCUT2D eigenvalue weighted by molar-refractivity contribution is 5.75. The van der Waals surface area contributed by atoms with Crippen molar-refractivity contribution in [3.63, 3.8) is 0 Å². The quantitative estimate of drug-likeness (QED) is 0.801. The van der Waals surface area contributed by atoms with Gasteiger partial charge in [-0.3, -0.25) is 0 Å². The summed E-state index contributed by atoms with van der Waals surface area (Å²) in [5.74, 6) is 0.835. The van der Waals surface area contributed by atoms with Crippen LogP contribution in [0.3, 0.4) is 0 Å². The van der Waals surface area contributed by atoms with Gasteiger partial charge in [0.15, 0.2) is 0 Å². The number of hydrogen-bond donors (Lipinski definition) is 3. The zero-order valence-electron chi connectivity index (χ0n) is 12.0. The Morgan fingerprint density at radius 3 is 2.70 bits per heavy atom. The number of imidazole rings is 1. The second-order valence-electron chi connectivity index (χ2n) is 5.97. The van der Waals surface area contributed by atoms with Crippen molar-refractivity contribution in [2.75, 3.05) is 7.05 Å². The summed E-state index contributed by atoms with van der Waals surface area (Å²) < 4.78 is 0. The number of rotatable bonds is 4. The average Bonchev–Trinajstić information content (AvgIpc) is 2.85. The molecule has 1 aliphatic carbocycles. The summed E-state index contributed by atoms with van der Waals surface area (Å²) in [6, 6.07) is 6.59. The highest BCUT2D eigenvalue weighted by atomic mass is 16.1. The lowest BCUT2D eigenvalue weighted by Gasteiger charge is -2.26. The van der Waals surface area contributed by atoms with Crippen molar-refractivity contribution in [2.24, 2.45) is 5.92 Å². The van der Waals surface area contributed by atoms with Gasteiger partial charge in [-0.05, 0) is 37.1 Å². The topological polar surface area (TPSA) is 60.7 Å². The van der Waals surface area contributed by atoms with Gasteiger partial charge in [-0.2, -0.15) is 0 Å². The summed E-state index contributed by atoms with van der Waals surface area (Å²) in [4.78, 5) is 17.0. The average molecular weight is 273 g/mol. The van der Waals surface area contributed by atoms with Crippen LogP contribution < -0.4 is 11.0 Å². The van der Waals surface area contributed by atoms with Crippen molar-refractivity contribution >= 4 is 11.0 Å². The van der Waals surface area contributed by atoms with Gasteiger partial charge < -0.3 is 15.3 Å². The molecule has 3 N–H and O–H groups in total. The smallest absolute Gasteiger partial charge is 0.313 e. The molecule has 4 heteroatoms. The summed E-state index contributed by atoms with van der Waals surface area (Å²) in [7, 11) is 2.03. The summed E-state index contributed by atoms with van der Waals surface area (Å²) in [5.41, 5.74) is 2.91. The Morgan fingerprint density at radius 2 is 1.95 bits per heavy atom. The lowest BCUT2D eigenvalue weighted by atomic mass is 9.83. The molecule has 1 fully saturated rings. The van der Waals surface area contributed by atoms with Crippen molar-refractivity contribution < 1.29 is 0 Å². The molecule has 0 bridgehead atoms. The number of aromatic amines is 2. The second kappa shape index (κ2) is 5.83. The lowest BCUT2D eigenvalue weighted by Crippen LogP contribution is -2.21. The zero-order valence-corrected chi connectivity index (χ0v) is 12.0. The first-order valence-corrected chi connectivity index (χ1v) is 7.65. The number of H-pyrrole nitrogens is 2. The SMILES string of the molecule is CNC(CC1CCCCC1)c1ccc2[nH]c(=O)[nH]c2c1. The van der Waals surface area contributed by atoms with Crippen LogP contribution in [0.2, 0.25) is 0 Å². The van der Waals surface area contributed by atoms with Crippen LogP contribution >= 0.6 is 0 Å². The third-order valence-corrected chi connectivity index (χ3v) is 4.58. The normalized spacial score (nSPS) is 18.4. The van der Waals surface area contributed by atoms with Gasteiger partial charge in [0, 0.05) is 6.04 Å².